The number of piperazine rings is 1. The maximum Gasteiger partial charge on any atom is 0.317 e. The third-order valence-electron chi connectivity index (χ3n) is 4.29. The molecule has 26 heavy (non-hydrogen) atoms. The lowest BCUT2D eigenvalue weighted by atomic mass is 10.1. The summed E-state index contributed by atoms with van der Waals surface area (Å²) in [5.74, 6) is -0.669. The standard InChI is InChI=1S/C16H30N4O4.C2H6/c1-13(21)14(18(2)3)6-4-5-7-17-16(24)20-10-8-19(9-11-20)12-15(22)23;1-2/h14H,4-12H2,1-3H3,(H,17,24)(H,22,23);1-2H3. The number of hydrogen-bond acceptors (Lipinski definition) is 5. The molecule has 1 aliphatic rings. The first kappa shape index (κ1) is 24.3. The summed E-state index contributed by atoms with van der Waals surface area (Å²) < 4.78 is 0. The van der Waals surface area contributed by atoms with Crippen LogP contribution in [-0.4, -0.2) is 97.0 Å². The highest BCUT2D eigenvalue weighted by Crippen LogP contribution is 2.07. The Balaban J connectivity index is 0.00000301. The van der Waals surface area contributed by atoms with Crippen molar-refractivity contribution < 1.29 is 19.5 Å². The number of aliphatic carboxylic acids is 1. The monoisotopic (exact) mass is 372 g/mol. The van der Waals surface area contributed by atoms with Crippen LogP contribution in [0.3, 0.4) is 0 Å². The van der Waals surface area contributed by atoms with Gasteiger partial charge in [-0.25, -0.2) is 4.79 Å². The highest BCUT2D eigenvalue weighted by Gasteiger charge is 2.22. The second kappa shape index (κ2) is 13.5. The normalized spacial score (nSPS) is 15.8. The molecule has 0 aromatic heterocycles. The average molecular weight is 373 g/mol. The van der Waals surface area contributed by atoms with E-state index >= 15 is 0 Å². The van der Waals surface area contributed by atoms with Crippen LogP contribution in [0.1, 0.15) is 40.0 Å². The van der Waals surface area contributed by atoms with Crippen molar-refractivity contribution >= 4 is 17.8 Å². The average Bonchev–Trinajstić information content (AvgIpc) is 2.59. The zero-order valence-corrected chi connectivity index (χ0v) is 17.0. The first-order valence-electron chi connectivity index (χ1n) is 9.45. The summed E-state index contributed by atoms with van der Waals surface area (Å²) in [7, 11) is 3.80. The van der Waals surface area contributed by atoms with Crippen molar-refractivity contribution in [2.24, 2.45) is 0 Å². The van der Waals surface area contributed by atoms with E-state index in [4.69, 9.17) is 5.11 Å². The number of carboxylic acids is 1. The first-order chi connectivity index (χ1) is 12.3. The van der Waals surface area contributed by atoms with Gasteiger partial charge >= 0.3 is 12.0 Å². The fourth-order valence-electron chi connectivity index (χ4n) is 2.90. The molecular weight excluding hydrogens is 336 g/mol. The number of hydrogen-bond donors (Lipinski definition) is 2. The molecule has 1 atom stereocenters. The van der Waals surface area contributed by atoms with Crippen LogP contribution in [0.25, 0.3) is 0 Å². The number of urea groups is 1. The summed E-state index contributed by atoms with van der Waals surface area (Å²) in [6.07, 6.45) is 2.52. The van der Waals surface area contributed by atoms with E-state index in [1.807, 2.05) is 37.7 Å². The number of carbonyl (C=O) groups is 3. The number of unbranched alkanes of at least 4 members (excludes halogenated alkanes) is 1. The molecule has 1 unspecified atom stereocenters. The Morgan fingerprint density at radius 2 is 1.65 bits per heavy atom. The molecule has 8 heteroatoms. The van der Waals surface area contributed by atoms with Crippen LogP contribution >= 0.6 is 0 Å². The second-order valence-corrected chi connectivity index (χ2v) is 6.47. The Morgan fingerprint density at radius 1 is 1.08 bits per heavy atom. The van der Waals surface area contributed by atoms with E-state index < -0.39 is 5.97 Å². The van der Waals surface area contributed by atoms with Gasteiger partial charge in [-0.05, 0) is 40.3 Å². The Hall–Kier alpha value is -1.67. The molecule has 1 rings (SSSR count). The SMILES string of the molecule is CC.CC(=O)C(CCCCNC(=O)N1CCN(CC(=O)O)CC1)N(C)C. The Kier molecular flexibility index (Phi) is 12.7. The third-order valence-corrected chi connectivity index (χ3v) is 4.29. The van der Waals surface area contributed by atoms with E-state index in [0.29, 0.717) is 32.7 Å². The van der Waals surface area contributed by atoms with Crippen molar-refractivity contribution in [1.29, 1.82) is 0 Å². The van der Waals surface area contributed by atoms with Crippen LogP contribution in [0.15, 0.2) is 0 Å². The molecule has 0 bridgehead atoms. The number of nitrogens with zero attached hydrogens (tertiary/aromatic N) is 3. The van der Waals surface area contributed by atoms with Gasteiger partial charge in [-0.2, -0.15) is 0 Å². The van der Waals surface area contributed by atoms with Crippen molar-refractivity contribution in [3.05, 3.63) is 0 Å². The molecule has 0 aromatic carbocycles. The number of likely N-dealkylation sites (N-methyl/N-ethyl adjacent to an activating group) is 1. The molecule has 2 N–H and O–H groups in total. The van der Waals surface area contributed by atoms with Gasteiger partial charge in [0.05, 0.1) is 12.6 Å². The summed E-state index contributed by atoms with van der Waals surface area (Å²) in [5, 5.41) is 11.7. The lowest BCUT2D eigenvalue weighted by Crippen LogP contribution is -2.52. The van der Waals surface area contributed by atoms with Crippen molar-refractivity contribution in [2.45, 2.75) is 46.1 Å². The Labute approximate surface area is 157 Å². The van der Waals surface area contributed by atoms with E-state index in [1.165, 1.54) is 0 Å². The van der Waals surface area contributed by atoms with Crippen LogP contribution in [0.5, 0.6) is 0 Å². The van der Waals surface area contributed by atoms with E-state index in [0.717, 1.165) is 19.3 Å². The molecular formula is C18H36N4O4. The molecule has 0 spiro atoms. The number of Topliss-reactive ketones (excluding diaryl/α,β-unsaturated/α-hetero) is 1. The van der Waals surface area contributed by atoms with Gasteiger partial charge in [0.25, 0.3) is 0 Å². The van der Waals surface area contributed by atoms with E-state index in [2.05, 4.69) is 5.32 Å². The van der Waals surface area contributed by atoms with Gasteiger partial charge in [-0.15, -0.1) is 0 Å². The summed E-state index contributed by atoms with van der Waals surface area (Å²) in [6.45, 7) is 8.49. The topological polar surface area (TPSA) is 93.2 Å². The minimum atomic E-state index is -0.838. The van der Waals surface area contributed by atoms with Crippen LogP contribution in [-0.2, 0) is 9.59 Å². The van der Waals surface area contributed by atoms with Crippen molar-refractivity contribution in [1.82, 2.24) is 20.0 Å². The molecule has 1 saturated heterocycles. The molecule has 0 aromatic rings. The fourth-order valence-corrected chi connectivity index (χ4v) is 2.90. The molecule has 1 heterocycles. The summed E-state index contributed by atoms with van der Waals surface area (Å²) in [6, 6.07) is -0.149. The van der Waals surface area contributed by atoms with Gasteiger partial charge < -0.3 is 15.3 Å². The largest absolute Gasteiger partial charge is 0.480 e. The molecule has 8 nitrogen and oxygen atoms in total. The van der Waals surface area contributed by atoms with Gasteiger partial charge in [0.15, 0.2) is 0 Å². The Bertz CT molecular complexity index is 435. The molecule has 0 radical (unpaired) electrons. The predicted octanol–water partition coefficient (Wildman–Crippen LogP) is 1.11. The maximum atomic E-state index is 12.1. The molecule has 152 valence electrons. The van der Waals surface area contributed by atoms with Crippen molar-refractivity contribution in [3.8, 4) is 0 Å². The van der Waals surface area contributed by atoms with E-state index in [1.54, 1.807) is 11.8 Å². The van der Waals surface area contributed by atoms with Crippen molar-refractivity contribution in [2.75, 3.05) is 53.4 Å². The highest BCUT2D eigenvalue weighted by atomic mass is 16.4. The van der Waals surface area contributed by atoms with Crippen molar-refractivity contribution in [3.63, 3.8) is 0 Å². The highest BCUT2D eigenvalue weighted by molar-refractivity contribution is 5.81. The first-order valence-corrected chi connectivity index (χ1v) is 9.45. The molecule has 0 aliphatic carbocycles. The van der Waals surface area contributed by atoms with Crippen LogP contribution in [0.4, 0.5) is 4.79 Å². The lowest BCUT2D eigenvalue weighted by molar-refractivity contribution is -0.138. The number of carbonyl (C=O) groups excluding carboxylic acids is 2. The van der Waals surface area contributed by atoms with Crippen LogP contribution < -0.4 is 5.32 Å². The smallest absolute Gasteiger partial charge is 0.317 e. The van der Waals surface area contributed by atoms with Gasteiger partial charge in [0, 0.05) is 32.7 Å². The quantitative estimate of drug-likeness (QED) is 0.589. The molecule has 1 aliphatic heterocycles. The van der Waals surface area contributed by atoms with Gasteiger partial charge in [0.1, 0.15) is 5.78 Å². The fraction of sp³-hybridized carbons (Fsp3) is 0.833. The number of carboxylic acid groups (broad SMARTS) is 1. The molecule has 2 amide bonds. The summed E-state index contributed by atoms with van der Waals surface area (Å²) in [5.41, 5.74) is 0. The third kappa shape index (κ3) is 9.72. The summed E-state index contributed by atoms with van der Waals surface area (Å²) in [4.78, 5) is 39.7. The zero-order chi connectivity index (χ0) is 20.1. The van der Waals surface area contributed by atoms with Crippen LogP contribution in [0.2, 0.25) is 0 Å². The number of rotatable bonds is 9. The summed E-state index contributed by atoms with van der Waals surface area (Å²) >= 11 is 0. The van der Waals surface area contributed by atoms with Gasteiger partial charge in [-0.3, -0.25) is 19.4 Å². The second-order valence-electron chi connectivity index (χ2n) is 6.47. The van der Waals surface area contributed by atoms with Crippen LogP contribution in [0, 0.1) is 0 Å². The lowest BCUT2D eigenvalue weighted by Gasteiger charge is -2.33. The Morgan fingerprint density at radius 3 is 2.12 bits per heavy atom. The minimum absolute atomic E-state index is 0.0264. The van der Waals surface area contributed by atoms with Gasteiger partial charge in [0.2, 0.25) is 0 Å². The number of ketones is 1. The van der Waals surface area contributed by atoms with Gasteiger partial charge in [-0.1, -0.05) is 13.8 Å². The number of amides is 2. The molecule has 1 fully saturated rings. The zero-order valence-electron chi connectivity index (χ0n) is 17.0. The predicted molar refractivity (Wildman–Crippen MR) is 102 cm³/mol. The van der Waals surface area contributed by atoms with E-state index in [9.17, 15) is 14.4 Å². The maximum absolute atomic E-state index is 12.1. The minimum Gasteiger partial charge on any atom is -0.480 e. The van der Waals surface area contributed by atoms with E-state index in [-0.39, 0.29) is 24.4 Å². The molecule has 0 saturated carbocycles. The number of nitrogens with one attached hydrogen (secondary N) is 1.